The zero-order valence-corrected chi connectivity index (χ0v) is 11.8. The van der Waals surface area contributed by atoms with Crippen LogP contribution in [0, 0.1) is 0 Å². The fraction of sp³-hybridized carbons (Fsp3) is 0.400. The summed E-state index contributed by atoms with van der Waals surface area (Å²) in [7, 11) is 1.67. The van der Waals surface area contributed by atoms with Gasteiger partial charge in [0.1, 0.15) is 5.75 Å². The Morgan fingerprint density at radius 1 is 1.26 bits per heavy atom. The number of methoxy groups -OCH3 is 1. The molecule has 0 spiro atoms. The predicted octanol–water partition coefficient (Wildman–Crippen LogP) is 2.46. The summed E-state index contributed by atoms with van der Waals surface area (Å²) in [5.74, 6) is 0.836. The first-order valence-electron chi connectivity index (χ1n) is 6.69. The Morgan fingerprint density at radius 3 is 2.63 bits per heavy atom. The van der Waals surface area contributed by atoms with Crippen molar-refractivity contribution in [2.24, 2.45) is 5.73 Å². The van der Waals surface area contributed by atoms with Crippen molar-refractivity contribution in [2.45, 2.75) is 33.2 Å². The molecule has 1 heterocycles. The molecule has 0 aliphatic heterocycles. The van der Waals surface area contributed by atoms with Crippen LogP contribution in [0.2, 0.25) is 0 Å². The molecule has 4 nitrogen and oxygen atoms in total. The third kappa shape index (κ3) is 2.49. The number of hydrogen-bond acceptors (Lipinski definition) is 3. The monoisotopic (exact) mass is 259 g/mol. The van der Waals surface area contributed by atoms with Gasteiger partial charge in [0.2, 0.25) is 0 Å². The van der Waals surface area contributed by atoms with E-state index in [2.05, 4.69) is 13.8 Å². The van der Waals surface area contributed by atoms with Crippen molar-refractivity contribution in [3.05, 3.63) is 41.2 Å². The Morgan fingerprint density at radius 2 is 2.05 bits per heavy atom. The summed E-state index contributed by atoms with van der Waals surface area (Å²) in [5.41, 5.74) is 10.3. The molecule has 0 fully saturated rings. The van der Waals surface area contributed by atoms with Crippen LogP contribution in [0.15, 0.2) is 24.3 Å². The normalized spacial score (nSPS) is 10.7. The Kier molecular flexibility index (Phi) is 4.22. The van der Waals surface area contributed by atoms with Gasteiger partial charge in [-0.2, -0.15) is 5.10 Å². The van der Waals surface area contributed by atoms with Crippen molar-refractivity contribution in [1.29, 1.82) is 0 Å². The molecule has 0 aliphatic carbocycles. The van der Waals surface area contributed by atoms with E-state index >= 15 is 0 Å². The third-order valence-corrected chi connectivity index (χ3v) is 3.34. The minimum atomic E-state index is 0.538. The van der Waals surface area contributed by atoms with Crippen LogP contribution in [0.1, 0.15) is 30.8 Å². The Bertz CT molecular complexity index is 561. The number of hydrogen-bond donors (Lipinski definition) is 1. The maximum absolute atomic E-state index is 5.87. The van der Waals surface area contributed by atoms with Gasteiger partial charge in [0.05, 0.1) is 18.5 Å². The highest BCUT2D eigenvalue weighted by molar-refractivity contribution is 5.42. The number of benzene rings is 1. The van der Waals surface area contributed by atoms with Crippen LogP contribution in [-0.4, -0.2) is 16.9 Å². The number of aromatic nitrogens is 2. The van der Waals surface area contributed by atoms with E-state index in [-0.39, 0.29) is 0 Å². The summed E-state index contributed by atoms with van der Waals surface area (Å²) in [4.78, 5) is 0. The van der Waals surface area contributed by atoms with Gasteiger partial charge < -0.3 is 10.5 Å². The lowest BCUT2D eigenvalue weighted by Gasteiger charge is -2.08. The lowest BCUT2D eigenvalue weighted by atomic mass is 10.1. The summed E-state index contributed by atoms with van der Waals surface area (Å²) in [6.07, 6.45) is 1.81. The van der Waals surface area contributed by atoms with Gasteiger partial charge in [-0.3, -0.25) is 0 Å². The van der Waals surface area contributed by atoms with Gasteiger partial charge in [-0.25, -0.2) is 4.68 Å². The highest BCUT2D eigenvalue weighted by Gasteiger charge is 2.15. The molecule has 0 amide bonds. The summed E-state index contributed by atoms with van der Waals surface area (Å²) in [6, 6.07) is 7.94. The van der Waals surface area contributed by atoms with Gasteiger partial charge in [-0.05, 0) is 25.0 Å². The largest absolute Gasteiger partial charge is 0.497 e. The van der Waals surface area contributed by atoms with Gasteiger partial charge in [0, 0.05) is 23.9 Å². The molecule has 2 rings (SSSR count). The molecular weight excluding hydrogens is 238 g/mol. The average molecular weight is 259 g/mol. The highest BCUT2D eigenvalue weighted by atomic mass is 16.5. The van der Waals surface area contributed by atoms with Crippen LogP contribution >= 0.6 is 0 Å². The zero-order chi connectivity index (χ0) is 13.8. The van der Waals surface area contributed by atoms with Gasteiger partial charge in [0.25, 0.3) is 0 Å². The van der Waals surface area contributed by atoms with Crippen LogP contribution in [0.5, 0.6) is 5.75 Å². The Hall–Kier alpha value is -1.81. The van der Waals surface area contributed by atoms with Crippen molar-refractivity contribution in [2.75, 3.05) is 7.11 Å². The van der Waals surface area contributed by atoms with Crippen molar-refractivity contribution < 1.29 is 4.74 Å². The SMILES string of the molecule is CCc1nn(-c2cccc(OC)c2)c(CC)c1CN. The second-order valence-corrected chi connectivity index (χ2v) is 4.40. The summed E-state index contributed by atoms with van der Waals surface area (Å²) < 4.78 is 7.26. The molecule has 1 aromatic heterocycles. The van der Waals surface area contributed by atoms with Crippen LogP contribution < -0.4 is 10.5 Å². The van der Waals surface area contributed by atoms with E-state index < -0.39 is 0 Å². The molecule has 2 aromatic rings. The van der Waals surface area contributed by atoms with E-state index in [0.717, 1.165) is 30.0 Å². The maximum Gasteiger partial charge on any atom is 0.121 e. The highest BCUT2D eigenvalue weighted by Crippen LogP contribution is 2.22. The van der Waals surface area contributed by atoms with Crippen molar-refractivity contribution in [3.8, 4) is 11.4 Å². The minimum absolute atomic E-state index is 0.538. The number of aryl methyl sites for hydroxylation is 1. The second-order valence-electron chi connectivity index (χ2n) is 4.40. The van der Waals surface area contributed by atoms with E-state index in [9.17, 15) is 0 Å². The molecule has 102 valence electrons. The fourth-order valence-electron chi connectivity index (χ4n) is 2.37. The fourth-order valence-corrected chi connectivity index (χ4v) is 2.37. The number of rotatable bonds is 5. The first-order chi connectivity index (χ1) is 9.24. The molecule has 1 aromatic carbocycles. The molecular formula is C15H21N3O. The molecule has 0 saturated heterocycles. The maximum atomic E-state index is 5.87. The van der Waals surface area contributed by atoms with Crippen LogP contribution in [0.25, 0.3) is 5.69 Å². The Labute approximate surface area is 114 Å². The molecule has 0 atom stereocenters. The summed E-state index contributed by atoms with van der Waals surface area (Å²) in [6.45, 7) is 4.78. The lowest BCUT2D eigenvalue weighted by molar-refractivity contribution is 0.414. The van der Waals surface area contributed by atoms with Crippen LogP contribution in [0.3, 0.4) is 0 Å². The van der Waals surface area contributed by atoms with Gasteiger partial charge >= 0.3 is 0 Å². The lowest BCUT2D eigenvalue weighted by Crippen LogP contribution is -2.05. The van der Waals surface area contributed by atoms with Crippen LogP contribution in [0.4, 0.5) is 0 Å². The van der Waals surface area contributed by atoms with E-state index in [0.29, 0.717) is 6.54 Å². The molecule has 0 saturated carbocycles. The standard InChI is InChI=1S/C15H21N3O/c1-4-14-13(10-16)15(5-2)18(17-14)11-7-6-8-12(9-11)19-3/h6-9H,4-5,10,16H2,1-3H3. The summed E-state index contributed by atoms with van der Waals surface area (Å²) in [5, 5.41) is 4.70. The van der Waals surface area contributed by atoms with Crippen molar-refractivity contribution in [3.63, 3.8) is 0 Å². The smallest absolute Gasteiger partial charge is 0.121 e. The average Bonchev–Trinajstić information content (AvgIpc) is 2.84. The van der Waals surface area contributed by atoms with E-state index in [1.165, 1.54) is 11.3 Å². The van der Waals surface area contributed by atoms with Gasteiger partial charge in [-0.1, -0.05) is 19.9 Å². The zero-order valence-electron chi connectivity index (χ0n) is 11.8. The van der Waals surface area contributed by atoms with Crippen LogP contribution in [-0.2, 0) is 19.4 Å². The van der Waals surface area contributed by atoms with Crippen molar-refractivity contribution in [1.82, 2.24) is 9.78 Å². The predicted molar refractivity (Wildman–Crippen MR) is 76.8 cm³/mol. The number of nitrogens with zero attached hydrogens (tertiary/aromatic N) is 2. The minimum Gasteiger partial charge on any atom is -0.497 e. The number of ether oxygens (including phenoxy) is 1. The quantitative estimate of drug-likeness (QED) is 0.897. The second kappa shape index (κ2) is 5.89. The third-order valence-electron chi connectivity index (χ3n) is 3.34. The summed E-state index contributed by atoms with van der Waals surface area (Å²) >= 11 is 0. The van der Waals surface area contributed by atoms with E-state index in [4.69, 9.17) is 15.6 Å². The molecule has 2 N–H and O–H groups in total. The number of nitrogens with two attached hydrogens (primary N) is 1. The molecule has 0 radical (unpaired) electrons. The first kappa shape index (κ1) is 13.6. The topological polar surface area (TPSA) is 53.1 Å². The molecule has 0 aliphatic rings. The van der Waals surface area contributed by atoms with E-state index in [1.54, 1.807) is 7.11 Å². The molecule has 4 heteroatoms. The molecule has 0 unspecified atom stereocenters. The molecule has 19 heavy (non-hydrogen) atoms. The van der Waals surface area contributed by atoms with Gasteiger partial charge in [-0.15, -0.1) is 0 Å². The van der Waals surface area contributed by atoms with E-state index in [1.807, 2.05) is 28.9 Å². The molecule has 0 bridgehead atoms. The van der Waals surface area contributed by atoms with Crippen molar-refractivity contribution >= 4 is 0 Å². The Balaban J connectivity index is 2.57. The first-order valence-corrected chi connectivity index (χ1v) is 6.69. The van der Waals surface area contributed by atoms with Gasteiger partial charge in [0.15, 0.2) is 0 Å².